The number of rotatable bonds is 3. The summed E-state index contributed by atoms with van der Waals surface area (Å²) in [5, 5.41) is 2.66. The van der Waals surface area contributed by atoms with Crippen LogP contribution in [0.25, 0.3) is 0 Å². The van der Waals surface area contributed by atoms with Crippen molar-refractivity contribution in [3.63, 3.8) is 0 Å². The van der Waals surface area contributed by atoms with Crippen LogP contribution in [0, 0.1) is 5.92 Å². The van der Waals surface area contributed by atoms with E-state index in [1.54, 1.807) is 0 Å². The topological polar surface area (TPSA) is 81.7 Å². The first kappa shape index (κ1) is 12.6. The lowest BCUT2D eigenvalue weighted by Gasteiger charge is -2.34. The van der Waals surface area contributed by atoms with Gasteiger partial charge in [-0.25, -0.2) is 4.79 Å². The number of hydrogen-bond donors (Lipinski definition) is 1. The Morgan fingerprint density at radius 3 is 2.59 bits per heavy atom. The summed E-state index contributed by atoms with van der Waals surface area (Å²) >= 11 is 0. The molecule has 0 bridgehead atoms. The average Bonchev–Trinajstić information content (AvgIpc) is 2.58. The maximum absolute atomic E-state index is 11.0. The predicted octanol–water partition coefficient (Wildman–Crippen LogP) is 0.631. The van der Waals surface area contributed by atoms with E-state index in [9.17, 15) is 13.2 Å². The molecule has 1 saturated carbocycles. The largest absolute Gasteiger partial charge is 0.441 e. The van der Waals surface area contributed by atoms with E-state index in [0.29, 0.717) is 6.54 Å². The monoisotopic (exact) mass is 263 g/mol. The molecule has 0 unspecified atom stereocenters. The summed E-state index contributed by atoms with van der Waals surface area (Å²) in [6, 6.07) is 0. The molecule has 17 heavy (non-hydrogen) atoms. The zero-order valence-electron chi connectivity index (χ0n) is 9.77. The lowest BCUT2D eigenvalue weighted by molar-refractivity contribution is 0.00769. The molecule has 1 spiro atoms. The fourth-order valence-electron chi connectivity index (χ4n) is 2.37. The van der Waals surface area contributed by atoms with Crippen molar-refractivity contribution in [1.29, 1.82) is 0 Å². The smallest absolute Gasteiger partial charge is 0.407 e. The van der Waals surface area contributed by atoms with Crippen LogP contribution in [0.2, 0.25) is 0 Å². The van der Waals surface area contributed by atoms with Gasteiger partial charge in [-0.2, -0.15) is 8.42 Å². The van der Waals surface area contributed by atoms with Gasteiger partial charge in [0.25, 0.3) is 10.1 Å². The van der Waals surface area contributed by atoms with Gasteiger partial charge < -0.3 is 10.1 Å². The second kappa shape index (κ2) is 4.45. The van der Waals surface area contributed by atoms with E-state index in [2.05, 4.69) is 5.32 Å². The van der Waals surface area contributed by atoms with Crippen LogP contribution in [0.4, 0.5) is 4.79 Å². The van der Waals surface area contributed by atoms with E-state index in [1.165, 1.54) is 0 Å². The molecule has 1 saturated heterocycles. The molecular weight excluding hydrogens is 246 g/mol. The van der Waals surface area contributed by atoms with Crippen LogP contribution in [-0.4, -0.2) is 39.5 Å². The van der Waals surface area contributed by atoms with Crippen molar-refractivity contribution in [2.75, 3.05) is 19.4 Å². The van der Waals surface area contributed by atoms with Crippen LogP contribution in [-0.2, 0) is 19.0 Å². The van der Waals surface area contributed by atoms with Gasteiger partial charge in [-0.1, -0.05) is 0 Å². The minimum Gasteiger partial charge on any atom is -0.441 e. The third kappa shape index (κ3) is 3.32. The Morgan fingerprint density at radius 1 is 1.47 bits per heavy atom. The molecule has 1 aliphatic heterocycles. The van der Waals surface area contributed by atoms with Crippen LogP contribution in [0.5, 0.6) is 0 Å². The van der Waals surface area contributed by atoms with Crippen molar-refractivity contribution in [1.82, 2.24) is 5.32 Å². The fraction of sp³-hybridized carbons (Fsp3) is 0.900. The highest BCUT2D eigenvalue weighted by molar-refractivity contribution is 7.85. The van der Waals surface area contributed by atoms with Gasteiger partial charge in [-0.3, -0.25) is 4.18 Å². The summed E-state index contributed by atoms with van der Waals surface area (Å²) in [5.74, 6) is 0.231. The van der Waals surface area contributed by atoms with Gasteiger partial charge in [0.05, 0.1) is 19.4 Å². The van der Waals surface area contributed by atoms with Crippen LogP contribution in [0.15, 0.2) is 0 Å². The van der Waals surface area contributed by atoms with E-state index in [1.807, 2.05) is 0 Å². The van der Waals surface area contributed by atoms with E-state index >= 15 is 0 Å². The highest BCUT2D eigenvalue weighted by Crippen LogP contribution is 2.36. The first-order valence-corrected chi connectivity index (χ1v) is 7.51. The Hall–Kier alpha value is -0.820. The highest BCUT2D eigenvalue weighted by Gasteiger charge is 2.43. The summed E-state index contributed by atoms with van der Waals surface area (Å²) in [6.45, 7) is 0.793. The van der Waals surface area contributed by atoms with Crippen LogP contribution in [0.3, 0.4) is 0 Å². The molecule has 0 radical (unpaired) electrons. The maximum atomic E-state index is 11.0. The molecule has 2 rings (SSSR count). The number of alkyl carbamates (subject to hydrolysis) is 1. The Bertz CT molecular complexity index is 397. The van der Waals surface area contributed by atoms with Gasteiger partial charge in [0, 0.05) is 0 Å². The fourth-order valence-corrected chi connectivity index (χ4v) is 2.81. The molecule has 1 N–H and O–H groups in total. The number of hydrogen-bond acceptors (Lipinski definition) is 5. The molecular formula is C10H17NO5S. The van der Waals surface area contributed by atoms with Gasteiger partial charge in [0.15, 0.2) is 0 Å². The number of carbonyl (C=O) groups excluding carboxylic acids is 1. The number of carbonyl (C=O) groups is 1. The van der Waals surface area contributed by atoms with E-state index in [-0.39, 0.29) is 24.2 Å². The zero-order valence-corrected chi connectivity index (χ0v) is 10.6. The maximum Gasteiger partial charge on any atom is 0.407 e. The van der Waals surface area contributed by atoms with Gasteiger partial charge in [-0.05, 0) is 31.6 Å². The third-order valence-corrected chi connectivity index (χ3v) is 3.96. The molecule has 0 aromatic heterocycles. The van der Waals surface area contributed by atoms with E-state index in [0.717, 1.165) is 31.9 Å². The molecule has 0 aromatic rings. The normalized spacial score (nSPS) is 33.5. The van der Waals surface area contributed by atoms with Crippen LogP contribution in [0.1, 0.15) is 25.7 Å². The van der Waals surface area contributed by atoms with Gasteiger partial charge in [-0.15, -0.1) is 0 Å². The van der Waals surface area contributed by atoms with E-state index in [4.69, 9.17) is 8.92 Å². The first-order valence-electron chi connectivity index (χ1n) is 5.70. The number of nitrogens with one attached hydrogen (secondary N) is 1. The number of amides is 1. The summed E-state index contributed by atoms with van der Waals surface area (Å²) in [6.07, 6.45) is 3.89. The third-order valence-electron chi connectivity index (χ3n) is 3.40. The number of ether oxygens (including phenoxy) is 1. The summed E-state index contributed by atoms with van der Waals surface area (Å²) in [7, 11) is -3.36. The lowest BCUT2D eigenvalue weighted by Crippen LogP contribution is -2.38. The SMILES string of the molecule is CS(=O)(=O)OCC1CCC2(CC1)CNC(=O)O2. The highest BCUT2D eigenvalue weighted by atomic mass is 32.2. The molecule has 1 aliphatic carbocycles. The Labute approximate surface area is 101 Å². The zero-order chi connectivity index (χ0) is 12.5. The molecule has 1 heterocycles. The summed E-state index contributed by atoms with van der Waals surface area (Å²) in [4.78, 5) is 11.0. The minimum atomic E-state index is -3.36. The second-order valence-corrected chi connectivity index (χ2v) is 6.50. The molecule has 1 amide bonds. The molecule has 98 valence electrons. The lowest BCUT2D eigenvalue weighted by atomic mass is 9.79. The predicted molar refractivity (Wildman–Crippen MR) is 60.0 cm³/mol. The standard InChI is InChI=1S/C10H17NO5S/c1-17(13,14)15-6-8-2-4-10(5-3-8)7-11-9(12)16-10/h8H,2-7H2,1H3,(H,11,12). The average molecular weight is 263 g/mol. The van der Waals surface area contributed by atoms with Gasteiger partial charge in [0.2, 0.25) is 0 Å². The quantitative estimate of drug-likeness (QED) is 0.755. The summed E-state index contributed by atoms with van der Waals surface area (Å²) in [5.41, 5.74) is -0.362. The minimum absolute atomic E-state index is 0.231. The summed E-state index contributed by atoms with van der Waals surface area (Å²) < 4.78 is 31.8. The molecule has 2 fully saturated rings. The van der Waals surface area contributed by atoms with Gasteiger partial charge in [0.1, 0.15) is 5.60 Å². The molecule has 0 aromatic carbocycles. The molecule has 7 heteroatoms. The van der Waals surface area contributed by atoms with Crippen molar-refractivity contribution in [2.45, 2.75) is 31.3 Å². The Balaban J connectivity index is 1.80. The van der Waals surface area contributed by atoms with Crippen molar-refractivity contribution in [3.05, 3.63) is 0 Å². The molecule has 6 nitrogen and oxygen atoms in total. The van der Waals surface area contributed by atoms with Gasteiger partial charge >= 0.3 is 6.09 Å². The van der Waals surface area contributed by atoms with Crippen molar-refractivity contribution >= 4 is 16.2 Å². The molecule has 0 atom stereocenters. The van der Waals surface area contributed by atoms with E-state index < -0.39 is 10.1 Å². The first-order chi connectivity index (χ1) is 7.89. The van der Waals surface area contributed by atoms with Crippen molar-refractivity contribution in [3.8, 4) is 0 Å². The van der Waals surface area contributed by atoms with Crippen LogP contribution >= 0.6 is 0 Å². The van der Waals surface area contributed by atoms with Crippen molar-refractivity contribution in [2.24, 2.45) is 5.92 Å². The van der Waals surface area contributed by atoms with Crippen LogP contribution < -0.4 is 5.32 Å². The Kier molecular flexibility index (Phi) is 3.31. The second-order valence-electron chi connectivity index (χ2n) is 4.86. The molecule has 2 aliphatic rings. The van der Waals surface area contributed by atoms with Crippen molar-refractivity contribution < 1.29 is 22.1 Å². The Morgan fingerprint density at radius 2 is 2.12 bits per heavy atom.